The van der Waals surface area contributed by atoms with E-state index < -0.39 is 0 Å². The van der Waals surface area contributed by atoms with E-state index in [9.17, 15) is 0 Å². The van der Waals surface area contributed by atoms with Crippen LogP contribution in [-0.4, -0.2) is 0 Å². The van der Waals surface area contributed by atoms with Gasteiger partial charge in [-0.15, -0.1) is 0 Å². The average molecular weight is 126 g/mol. The SMILES string of the molecule is CC[n+]1oc(C)cc1C. The van der Waals surface area contributed by atoms with Gasteiger partial charge in [-0.05, 0) is 11.7 Å². The Morgan fingerprint density at radius 1 is 1.56 bits per heavy atom. The van der Waals surface area contributed by atoms with Crippen LogP contribution in [0.1, 0.15) is 18.4 Å². The fourth-order valence-corrected chi connectivity index (χ4v) is 0.952. The van der Waals surface area contributed by atoms with E-state index in [1.54, 1.807) is 0 Å². The maximum Gasteiger partial charge on any atom is 0.228 e. The van der Waals surface area contributed by atoms with Crippen molar-refractivity contribution in [3.05, 3.63) is 17.5 Å². The summed E-state index contributed by atoms with van der Waals surface area (Å²) in [7, 11) is 0. The van der Waals surface area contributed by atoms with Gasteiger partial charge in [0, 0.05) is 13.8 Å². The van der Waals surface area contributed by atoms with Crippen LogP contribution in [0, 0.1) is 13.8 Å². The number of hydrogen-bond acceptors (Lipinski definition) is 1. The molecule has 0 aliphatic rings. The minimum absolute atomic E-state index is 0.916. The second kappa shape index (κ2) is 2.21. The van der Waals surface area contributed by atoms with E-state index in [-0.39, 0.29) is 0 Å². The molecule has 0 aromatic carbocycles. The summed E-state index contributed by atoms with van der Waals surface area (Å²) in [5.41, 5.74) is 1.19. The molecule has 9 heavy (non-hydrogen) atoms. The van der Waals surface area contributed by atoms with Gasteiger partial charge in [0.15, 0.2) is 12.3 Å². The first-order chi connectivity index (χ1) is 4.24. The molecule has 1 heterocycles. The van der Waals surface area contributed by atoms with Crippen molar-refractivity contribution < 1.29 is 9.26 Å². The van der Waals surface area contributed by atoms with Crippen molar-refractivity contribution >= 4 is 0 Å². The molecular formula is C7H12NO+. The largest absolute Gasteiger partial charge is 0.241 e. The van der Waals surface area contributed by atoms with Crippen molar-refractivity contribution in [2.45, 2.75) is 27.3 Å². The summed E-state index contributed by atoms with van der Waals surface area (Å²) in [5.74, 6) is 0.981. The number of nitrogens with zero attached hydrogens (tertiary/aromatic N) is 1. The van der Waals surface area contributed by atoms with Crippen LogP contribution in [0.25, 0.3) is 0 Å². The van der Waals surface area contributed by atoms with Gasteiger partial charge in [-0.2, -0.15) is 0 Å². The topological polar surface area (TPSA) is 17.0 Å². The molecule has 1 aromatic rings. The van der Waals surface area contributed by atoms with E-state index in [0.717, 1.165) is 12.3 Å². The Labute approximate surface area is 55.1 Å². The van der Waals surface area contributed by atoms with Crippen LogP contribution in [0.15, 0.2) is 10.6 Å². The Morgan fingerprint density at radius 2 is 2.22 bits per heavy atom. The van der Waals surface area contributed by atoms with E-state index in [1.807, 2.05) is 24.7 Å². The van der Waals surface area contributed by atoms with E-state index in [2.05, 4.69) is 6.92 Å². The minimum atomic E-state index is 0.916. The molecule has 0 amide bonds. The molecule has 1 aromatic heterocycles. The summed E-state index contributed by atoms with van der Waals surface area (Å²) < 4.78 is 7.15. The van der Waals surface area contributed by atoms with Gasteiger partial charge >= 0.3 is 0 Å². The number of hydrogen-bond donors (Lipinski definition) is 0. The highest BCUT2D eigenvalue weighted by Gasteiger charge is 2.08. The molecule has 0 radical (unpaired) electrons. The summed E-state index contributed by atoms with van der Waals surface area (Å²) in [6.45, 7) is 6.98. The van der Waals surface area contributed by atoms with Crippen molar-refractivity contribution in [1.29, 1.82) is 0 Å². The molecule has 50 valence electrons. The van der Waals surface area contributed by atoms with Crippen LogP contribution in [0.4, 0.5) is 0 Å². The Hall–Kier alpha value is -0.790. The highest BCUT2D eigenvalue weighted by atomic mass is 16.5. The standard InChI is InChI=1S/C7H12NO/c1-4-8-6(2)5-7(3)9-8/h5H,4H2,1-3H3/q+1. The first kappa shape index (κ1) is 6.33. The summed E-state index contributed by atoms with van der Waals surface area (Å²) in [6.07, 6.45) is 0. The van der Waals surface area contributed by atoms with Gasteiger partial charge in [0.05, 0.1) is 6.07 Å². The van der Waals surface area contributed by atoms with Gasteiger partial charge in [-0.1, -0.05) is 0 Å². The molecule has 0 saturated heterocycles. The Bertz CT molecular complexity index is 203. The third-order valence-corrected chi connectivity index (χ3v) is 1.35. The van der Waals surface area contributed by atoms with E-state index in [0.29, 0.717) is 0 Å². The molecule has 0 aliphatic carbocycles. The van der Waals surface area contributed by atoms with Gasteiger partial charge in [0.2, 0.25) is 5.69 Å². The van der Waals surface area contributed by atoms with Crippen molar-refractivity contribution in [2.75, 3.05) is 0 Å². The minimum Gasteiger partial charge on any atom is -0.241 e. The van der Waals surface area contributed by atoms with Crippen LogP contribution in [0.3, 0.4) is 0 Å². The lowest BCUT2D eigenvalue weighted by atomic mass is 10.4. The van der Waals surface area contributed by atoms with Gasteiger partial charge < -0.3 is 0 Å². The molecule has 0 N–H and O–H groups in total. The smallest absolute Gasteiger partial charge is 0.228 e. The number of aromatic nitrogens is 1. The Balaban J connectivity index is 3.01. The van der Waals surface area contributed by atoms with Gasteiger partial charge in [0.1, 0.15) is 0 Å². The molecule has 0 bridgehead atoms. The van der Waals surface area contributed by atoms with E-state index >= 15 is 0 Å². The summed E-state index contributed by atoms with van der Waals surface area (Å²) in [5, 5.41) is 0. The first-order valence-corrected chi connectivity index (χ1v) is 3.21. The summed E-state index contributed by atoms with van der Waals surface area (Å²) >= 11 is 0. The quantitative estimate of drug-likeness (QED) is 0.517. The second-order valence-corrected chi connectivity index (χ2v) is 2.18. The average Bonchev–Trinajstić information content (AvgIpc) is 2.10. The van der Waals surface area contributed by atoms with E-state index in [1.165, 1.54) is 5.69 Å². The van der Waals surface area contributed by atoms with Crippen LogP contribution >= 0.6 is 0 Å². The van der Waals surface area contributed by atoms with Crippen molar-refractivity contribution in [3.63, 3.8) is 0 Å². The fourth-order valence-electron chi connectivity index (χ4n) is 0.952. The van der Waals surface area contributed by atoms with Crippen molar-refractivity contribution in [3.8, 4) is 0 Å². The molecule has 2 nitrogen and oxygen atoms in total. The Kier molecular flexibility index (Phi) is 1.56. The lowest BCUT2D eigenvalue weighted by Gasteiger charge is -1.80. The zero-order valence-corrected chi connectivity index (χ0v) is 6.14. The summed E-state index contributed by atoms with van der Waals surface area (Å²) in [6, 6.07) is 2.03. The molecular weight excluding hydrogens is 114 g/mol. The maximum absolute atomic E-state index is 5.28. The second-order valence-electron chi connectivity index (χ2n) is 2.18. The molecule has 0 atom stereocenters. The van der Waals surface area contributed by atoms with Crippen LogP contribution in [0.2, 0.25) is 0 Å². The van der Waals surface area contributed by atoms with E-state index in [4.69, 9.17) is 4.52 Å². The van der Waals surface area contributed by atoms with Crippen LogP contribution in [-0.2, 0) is 6.54 Å². The molecule has 0 saturated carbocycles. The van der Waals surface area contributed by atoms with Crippen molar-refractivity contribution in [2.24, 2.45) is 0 Å². The summed E-state index contributed by atoms with van der Waals surface area (Å²) in [4.78, 5) is 0. The zero-order chi connectivity index (χ0) is 6.85. The fraction of sp³-hybridized carbons (Fsp3) is 0.571. The van der Waals surface area contributed by atoms with Gasteiger partial charge in [-0.25, -0.2) is 4.52 Å². The highest BCUT2D eigenvalue weighted by molar-refractivity contribution is 4.95. The monoisotopic (exact) mass is 126 g/mol. The zero-order valence-electron chi connectivity index (χ0n) is 6.14. The van der Waals surface area contributed by atoms with Crippen LogP contribution < -0.4 is 4.74 Å². The first-order valence-electron chi connectivity index (χ1n) is 3.21. The number of aryl methyl sites for hydroxylation is 3. The molecule has 0 aliphatic heterocycles. The number of rotatable bonds is 1. The predicted octanol–water partition coefficient (Wildman–Crippen LogP) is 1.20. The normalized spacial score (nSPS) is 10.1. The molecule has 0 spiro atoms. The molecule has 0 unspecified atom stereocenters. The third kappa shape index (κ3) is 1.12. The maximum atomic E-state index is 5.28. The van der Waals surface area contributed by atoms with Crippen molar-refractivity contribution in [1.82, 2.24) is 0 Å². The lowest BCUT2D eigenvalue weighted by Crippen LogP contribution is -2.32. The molecule has 1 rings (SSSR count). The highest BCUT2D eigenvalue weighted by Crippen LogP contribution is 1.96. The Morgan fingerprint density at radius 3 is 2.44 bits per heavy atom. The molecule has 2 heteroatoms. The predicted molar refractivity (Wildman–Crippen MR) is 34.1 cm³/mol. The van der Waals surface area contributed by atoms with Gasteiger partial charge in [0.25, 0.3) is 0 Å². The molecule has 0 fully saturated rings. The lowest BCUT2D eigenvalue weighted by molar-refractivity contribution is -0.866. The van der Waals surface area contributed by atoms with Crippen LogP contribution in [0.5, 0.6) is 0 Å². The van der Waals surface area contributed by atoms with Gasteiger partial charge in [-0.3, -0.25) is 0 Å². The third-order valence-electron chi connectivity index (χ3n) is 1.35.